The molecule has 0 aliphatic rings. The van der Waals surface area contributed by atoms with E-state index < -0.39 is 0 Å². The third-order valence-electron chi connectivity index (χ3n) is 3.69. The van der Waals surface area contributed by atoms with Crippen LogP contribution in [-0.2, 0) is 13.1 Å². The summed E-state index contributed by atoms with van der Waals surface area (Å²) in [5.74, 6) is 2.20. The van der Waals surface area contributed by atoms with Gasteiger partial charge in [-0.25, -0.2) is 9.98 Å². The largest absolute Gasteiger partial charge is 0.439 e. The maximum absolute atomic E-state index is 5.82. The molecule has 0 aliphatic carbocycles. The molecule has 3 aromatic rings. The molecule has 2 aromatic carbocycles. The first-order valence-electron chi connectivity index (χ1n) is 8.22. The molecule has 6 heteroatoms. The van der Waals surface area contributed by atoms with Gasteiger partial charge in [-0.3, -0.25) is 0 Å². The minimum atomic E-state index is 0. The summed E-state index contributed by atoms with van der Waals surface area (Å²) in [5.41, 5.74) is 2.19. The van der Waals surface area contributed by atoms with Crippen LogP contribution in [0.1, 0.15) is 11.5 Å². The molecule has 5 nitrogen and oxygen atoms in total. The minimum absolute atomic E-state index is 0. The van der Waals surface area contributed by atoms with Gasteiger partial charge in [0.1, 0.15) is 0 Å². The van der Waals surface area contributed by atoms with E-state index in [1.807, 2.05) is 67.5 Å². The van der Waals surface area contributed by atoms with E-state index in [4.69, 9.17) is 4.42 Å². The monoisotopic (exact) mass is 462 g/mol. The summed E-state index contributed by atoms with van der Waals surface area (Å²) in [7, 11) is 3.92. The zero-order chi connectivity index (χ0) is 17.5. The molecule has 26 heavy (non-hydrogen) atoms. The third-order valence-corrected chi connectivity index (χ3v) is 3.69. The van der Waals surface area contributed by atoms with Crippen LogP contribution in [0.5, 0.6) is 0 Å². The normalized spacial score (nSPS) is 10.9. The van der Waals surface area contributed by atoms with Crippen LogP contribution in [0.25, 0.3) is 11.3 Å². The molecule has 0 spiro atoms. The molecule has 0 saturated carbocycles. The fraction of sp³-hybridized carbons (Fsp3) is 0.200. The molecule has 0 atom stereocenters. The molecule has 1 heterocycles. The number of benzene rings is 2. The van der Waals surface area contributed by atoms with Crippen molar-refractivity contribution in [1.29, 1.82) is 0 Å². The van der Waals surface area contributed by atoms with Crippen LogP contribution in [-0.4, -0.2) is 29.9 Å². The van der Waals surface area contributed by atoms with Crippen molar-refractivity contribution in [2.45, 2.75) is 13.1 Å². The molecular formula is C20H23IN4O. The molecule has 1 aromatic heterocycles. The minimum Gasteiger partial charge on any atom is -0.439 e. The van der Waals surface area contributed by atoms with E-state index in [1.165, 1.54) is 5.56 Å². The molecule has 0 fully saturated rings. The number of oxazole rings is 1. The molecule has 3 rings (SSSR count). The highest BCUT2D eigenvalue weighted by molar-refractivity contribution is 14.0. The van der Waals surface area contributed by atoms with E-state index in [2.05, 4.69) is 27.4 Å². The van der Waals surface area contributed by atoms with Crippen LogP contribution >= 0.6 is 24.0 Å². The Labute approximate surface area is 171 Å². The van der Waals surface area contributed by atoms with Gasteiger partial charge in [0.15, 0.2) is 11.7 Å². The quantitative estimate of drug-likeness (QED) is 0.352. The van der Waals surface area contributed by atoms with E-state index in [0.717, 1.165) is 17.3 Å². The van der Waals surface area contributed by atoms with Crippen molar-refractivity contribution in [3.05, 3.63) is 78.3 Å². The second-order valence-electron chi connectivity index (χ2n) is 5.86. The Balaban J connectivity index is 0.00000243. The number of aromatic nitrogens is 1. The zero-order valence-electron chi connectivity index (χ0n) is 14.9. The van der Waals surface area contributed by atoms with E-state index in [1.54, 1.807) is 6.20 Å². The first kappa shape index (κ1) is 20.0. The lowest BCUT2D eigenvalue weighted by Crippen LogP contribution is -2.36. The van der Waals surface area contributed by atoms with Gasteiger partial charge in [-0.05, 0) is 5.56 Å². The number of guanidine groups is 1. The number of halogens is 1. The summed E-state index contributed by atoms with van der Waals surface area (Å²) in [4.78, 5) is 10.9. The van der Waals surface area contributed by atoms with Gasteiger partial charge in [0, 0.05) is 19.7 Å². The predicted molar refractivity (Wildman–Crippen MR) is 115 cm³/mol. The van der Waals surface area contributed by atoms with Crippen LogP contribution in [0.3, 0.4) is 0 Å². The molecule has 136 valence electrons. The fourth-order valence-corrected chi connectivity index (χ4v) is 2.39. The number of hydrogen-bond acceptors (Lipinski definition) is 3. The Bertz CT molecular complexity index is 816. The molecule has 0 radical (unpaired) electrons. The Hall–Kier alpha value is -2.35. The number of nitrogens with one attached hydrogen (secondary N) is 1. The smallest absolute Gasteiger partial charge is 0.214 e. The van der Waals surface area contributed by atoms with Crippen molar-refractivity contribution in [2.24, 2.45) is 4.99 Å². The van der Waals surface area contributed by atoms with Crippen LogP contribution < -0.4 is 5.32 Å². The maximum atomic E-state index is 5.82. The van der Waals surface area contributed by atoms with E-state index in [-0.39, 0.29) is 24.0 Å². The standard InChI is InChI=1S/C20H22N4O.HI/c1-24(2)20(22-13-16-9-5-3-6-10-16)23-15-19-21-14-18(25-19)17-11-7-4-8-12-17;/h3-12,14H,13,15H2,1-2H3,(H,22,23);1H. The number of hydrogen-bond donors (Lipinski definition) is 1. The average molecular weight is 462 g/mol. The molecule has 1 N–H and O–H groups in total. The van der Waals surface area contributed by atoms with Crippen LogP contribution in [0, 0.1) is 0 Å². The van der Waals surface area contributed by atoms with Gasteiger partial charge in [-0.2, -0.15) is 0 Å². The first-order valence-corrected chi connectivity index (χ1v) is 8.22. The fourth-order valence-electron chi connectivity index (χ4n) is 2.39. The van der Waals surface area contributed by atoms with Crippen molar-refractivity contribution >= 4 is 29.9 Å². The van der Waals surface area contributed by atoms with Crippen LogP contribution in [0.2, 0.25) is 0 Å². The highest BCUT2D eigenvalue weighted by Crippen LogP contribution is 2.19. The summed E-state index contributed by atoms with van der Waals surface area (Å²) >= 11 is 0. The molecule has 0 aliphatic heterocycles. The van der Waals surface area contributed by atoms with E-state index in [9.17, 15) is 0 Å². The maximum Gasteiger partial charge on any atom is 0.214 e. The van der Waals surface area contributed by atoms with Crippen molar-refractivity contribution in [3.63, 3.8) is 0 Å². The third kappa shape index (κ3) is 5.59. The first-order chi connectivity index (χ1) is 12.2. The molecule has 0 unspecified atom stereocenters. The number of nitrogens with zero attached hydrogens (tertiary/aromatic N) is 3. The second kappa shape index (κ2) is 9.96. The Morgan fingerprint density at radius 1 is 1.04 bits per heavy atom. The highest BCUT2D eigenvalue weighted by atomic mass is 127. The number of rotatable bonds is 5. The van der Waals surface area contributed by atoms with Gasteiger partial charge in [0.2, 0.25) is 5.89 Å². The van der Waals surface area contributed by atoms with E-state index >= 15 is 0 Å². The van der Waals surface area contributed by atoms with Gasteiger partial charge in [0.05, 0.1) is 19.3 Å². The summed E-state index contributed by atoms with van der Waals surface area (Å²) in [5, 5.41) is 3.29. The van der Waals surface area contributed by atoms with Gasteiger partial charge < -0.3 is 14.6 Å². The lowest BCUT2D eigenvalue weighted by atomic mass is 10.2. The topological polar surface area (TPSA) is 53.7 Å². The van der Waals surface area contributed by atoms with Crippen molar-refractivity contribution in [2.75, 3.05) is 14.1 Å². The molecule has 0 saturated heterocycles. The summed E-state index contributed by atoms with van der Waals surface area (Å²) < 4.78 is 5.82. The summed E-state index contributed by atoms with van der Waals surface area (Å²) in [6.45, 7) is 1.11. The van der Waals surface area contributed by atoms with Crippen molar-refractivity contribution in [1.82, 2.24) is 15.2 Å². The SMILES string of the molecule is CN(C)C(=NCc1ccccc1)NCc1ncc(-c2ccccc2)o1.I. The summed E-state index contributed by atoms with van der Waals surface area (Å²) in [6, 6.07) is 20.1. The van der Waals surface area contributed by atoms with Crippen LogP contribution in [0.4, 0.5) is 0 Å². The Morgan fingerprint density at radius 2 is 1.69 bits per heavy atom. The number of aliphatic imine (C=N–C) groups is 1. The van der Waals surface area contributed by atoms with Gasteiger partial charge in [-0.1, -0.05) is 60.7 Å². The lowest BCUT2D eigenvalue weighted by Gasteiger charge is -2.16. The van der Waals surface area contributed by atoms with E-state index in [0.29, 0.717) is 19.0 Å². The van der Waals surface area contributed by atoms with Crippen molar-refractivity contribution in [3.8, 4) is 11.3 Å². The second-order valence-corrected chi connectivity index (χ2v) is 5.86. The highest BCUT2D eigenvalue weighted by Gasteiger charge is 2.08. The van der Waals surface area contributed by atoms with Gasteiger partial charge in [0.25, 0.3) is 0 Å². The lowest BCUT2D eigenvalue weighted by molar-refractivity contribution is 0.487. The Morgan fingerprint density at radius 3 is 2.35 bits per heavy atom. The van der Waals surface area contributed by atoms with Gasteiger partial charge >= 0.3 is 0 Å². The molecular weight excluding hydrogens is 439 g/mol. The van der Waals surface area contributed by atoms with Gasteiger partial charge in [-0.15, -0.1) is 24.0 Å². The average Bonchev–Trinajstić information content (AvgIpc) is 3.12. The summed E-state index contributed by atoms with van der Waals surface area (Å²) in [6.07, 6.45) is 1.75. The molecule has 0 amide bonds. The van der Waals surface area contributed by atoms with Crippen LogP contribution in [0.15, 0.2) is 76.3 Å². The predicted octanol–water partition coefficient (Wildman–Crippen LogP) is 4.17. The van der Waals surface area contributed by atoms with Crippen molar-refractivity contribution < 1.29 is 4.42 Å². The zero-order valence-corrected chi connectivity index (χ0v) is 17.3. The molecule has 0 bridgehead atoms. The Kier molecular flexibility index (Phi) is 7.65.